The van der Waals surface area contributed by atoms with Crippen LogP contribution in [0.25, 0.3) is 0 Å². The van der Waals surface area contributed by atoms with Crippen LogP contribution in [-0.2, 0) is 89.5 Å². The van der Waals surface area contributed by atoms with Gasteiger partial charge in [-0.1, -0.05) is 495 Å². The molecule has 16 heteroatoms. The Hall–Kier alpha value is -7.24. The monoisotopic (exact) mass is 2020 g/mol. The molecule has 4 aromatic carbocycles. The molecule has 4 aromatic rings. The summed E-state index contributed by atoms with van der Waals surface area (Å²) >= 11 is 0. The predicted octanol–water partition coefficient (Wildman–Crippen LogP) is 33.7. The normalized spacial score (nSPS) is 11.8. The topological polar surface area (TPSA) is 223 Å². The quantitative estimate of drug-likeness (QED) is 0.0123. The largest absolute Gasteiger partial charge is 0.493 e. The first-order chi connectivity index (χ1) is 70.6. The lowest BCUT2D eigenvalue weighted by Gasteiger charge is -2.25. The van der Waals surface area contributed by atoms with Crippen molar-refractivity contribution in [2.75, 3.05) is 79.3 Å². The Labute approximate surface area is 885 Å². The number of rotatable bonds is 96. The zero-order valence-electron chi connectivity index (χ0n) is 92.4. The molecule has 5 rings (SSSR count). The van der Waals surface area contributed by atoms with E-state index in [1.165, 1.54) is 334 Å². The van der Waals surface area contributed by atoms with E-state index in [9.17, 15) is 39.6 Å². The third kappa shape index (κ3) is 61.6. The van der Waals surface area contributed by atoms with E-state index in [1.807, 2.05) is 0 Å². The third-order valence-corrected chi connectivity index (χ3v) is 29.0. The predicted molar refractivity (Wildman–Crippen MR) is 606 cm³/mol. The number of carbonyl (C=O) groups is 4. The minimum absolute atomic E-state index is 0. The van der Waals surface area contributed by atoms with Crippen LogP contribution in [0.5, 0.6) is 23.0 Å². The van der Waals surface area contributed by atoms with Crippen LogP contribution in [0.4, 0.5) is 0 Å². The van der Waals surface area contributed by atoms with Gasteiger partial charge in [0.15, 0.2) is 0 Å². The lowest BCUT2D eigenvalue weighted by Crippen LogP contribution is -2.13. The summed E-state index contributed by atoms with van der Waals surface area (Å²) in [6, 6.07) is 18.4. The van der Waals surface area contributed by atoms with Gasteiger partial charge >= 0.3 is 23.9 Å². The van der Waals surface area contributed by atoms with E-state index >= 15 is 0 Å². The maximum Gasteiger partial charge on any atom is 0.335 e. The minimum atomic E-state index is -0.626. The number of unbranched alkanes of at least 4 members (excludes halogenated alkanes) is 60. The molecular weight excluding hydrogens is 1810 g/mol. The van der Waals surface area contributed by atoms with Crippen LogP contribution in [0.2, 0.25) is 0 Å². The molecule has 824 valence electrons. The number of esters is 4. The number of hydrogen-bond donors (Lipinski definition) is 4. The first kappa shape index (κ1) is 130. The van der Waals surface area contributed by atoms with E-state index in [-0.39, 0.29) is 56.1 Å². The van der Waals surface area contributed by atoms with Gasteiger partial charge in [0.1, 0.15) is 23.0 Å². The van der Waals surface area contributed by atoms with E-state index in [0.29, 0.717) is 103 Å². The fourth-order valence-electron chi connectivity index (χ4n) is 20.2. The Morgan fingerprint density at radius 2 is 0.324 bits per heavy atom. The number of fused-ring (bicyclic) bond motifs is 8. The van der Waals surface area contributed by atoms with Gasteiger partial charge in [0.25, 0.3) is 0 Å². The zero-order valence-corrected chi connectivity index (χ0v) is 92.4. The summed E-state index contributed by atoms with van der Waals surface area (Å²) in [4.78, 5) is 52.8. The first-order valence-electron chi connectivity index (χ1n) is 59.5. The van der Waals surface area contributed by atoms with Crippen LogP contribution in [0.15, 0.2) is 97.1 Å². The van der Waals surface area contributed by atoms with Crippen molar-refractivity contribution < 1.29 is 77.5 Å². The fourth-order valence-corrected chi connectivity index (χ4v) is 20.2. The van der Waals surface area contributed by atoms with Gasteiger partial charge in [-0.15, -0.1) is 0 Å². The molecule has 0 radical (unpaired) electrons. The average molecular weight is 2020 g/mol. The van der Waals surface area contributed by atoms with Gasteiger partial charge < -0.3 is 58.3 Å². The van der Waals surface area contributed by atoms with Gasteiger partial charge in [-0.3, -0.25) is 0 Å². The molecule has 0 heterocycles. The molecule has 0 atom stereocenters. The van der Waals surface area contributed by atoms with Crippen molar-refractivity contribution in [2.45, 2.75) is 523 Å². The van der Waals surface area contributed by atoms with Gasteiger partial charge in [-0.2, -0.15) is 0 Å². The number of ether oxygens (including phenoxy) is 8. The number of hydrogen-bond acceptors (Lipinski definition) is 16. The molecule has 0 fully saturated rings. The van der Waals surface area contributed by atoms with Crippen LogP contribution in [0.1, 0.15) is 538 Å². The average Bonchev–Trinajstić information content (AvgIpc) is 0.770. The molecule has 1 aliphatic rings. The molecule has 0 spiro atoms. The summed E-state index contributed by atoms with van der Waals surface area (Å²) < 4.78 is 53.5. The van der Waals surface area contributed by atoms with Crippen molar-refractivity contribution in [3.05, 3.63) is 164 Å². The Balaban J connectivity index is 0.0000438. The molecule has 0 saturated heterocycles. The highest BCUT2D eigenvalue weighted by Crippen LogP contribution is 2.43. The second-order valence-corrected chi connectivity index (χ2v) is 42.3. The van der Waals surface area contributed by atoms with Crippen LogP contribution in [0, 0.1) is 0 Å². The SMILES string of the molecule is C.C=C(CO)C(=O)OCCCc1cc2c(OCCCCCCCCCCCCCCCCCC)c(c1)Cc1cc(CCCOC(=O)C(=C)CO)cc(c1OCCCCCCCCCCCCCCCCCC)Cc1cc(CCCOC(=O)C(=C)CO)cc(c1OCCCCCCCCCCCCCCCCCC)Cc1cc(CCCOC(=O)C(=C)CO)cc(c1OCCCCCCCCCCCCCCCCCC)C2. The van der Waals surface area contributed by atoms with E-state index in [1.54, 1.807) is 0 Å². The van der Waals surface area contributed by atoms with Gasteiger partial charge in [0.2, 0.25) is 0 Å². The molecule has 0 aromatic heterocycles. The van der Waals surface area contributed by atoms with E-state index in [4.69, 9.17) is 37.9 Å². The maximum absolute atomic E-state index is 13.2. The standard InChI is InChI=1S/C128H208O16.CH4/c1-9-13-17-21-25-29-33-37-41-45-49-53-57-61-65-69-81-137-121-113-89-109(77-73-85-141-125(133)105(5)101-129)90-114(121)98-116-92-111(79-75-87-143-127(135)107(7)103-131)94-118(123(116)139-83-71-67-63-59-55-51-47-43-39-35-31-27-23-19-15-11-3)100-120-96-112(80-76-88-144-128(136)108(8)104-132)95-119(124(120)140-84-72-68-64-60-56-52-48-44-40-36-32-28-24-20-16-12-4)99-117-93-110(78-74-86-142-126(134)106(6)102-130)91-115(97-113)122(117)138-82-70-66-62-58-54-50-46-42-38-34-30-26-22-18-14-10-2;/h89-96,129-132H,5-88,97-104H2,1-4H3;1H4. The highest BCUT2D eigenvalue weighted by Gasteiger charge is 2.27. The Morgan fingerprint density at radius 1 is 0.200 bits per heavy atom. The van der Waals surface area contributed by atoms with Gasteiger partial charge in [0, 0.05) is 25.7 Å². The zero-order chi connectivity index (χ0) is 103. The van der Waals surface area contributed by atoms with E-state index in [0.717, 1.165) is 167 Å². The highest BCUT2D eigenvalue weighted by atomic mass is 16.5. The Bertz CT molecular complexity index is 3440. The van der Waals surface area contributed by atoms with Crippen molar-refractivity contribution in [2.24, 2.45) is 0 Å². The fraction of sp³-hybridized carbons (Fsp3) is 0.721. The minimum Gasteiger partial charge on any atom is -0.493 e. The third-order valence-electron chi connectivity index (χ3n) is 29.0. The summed E-state index contributed by atoms with van der Waals surface area (Å²) in [6.45, 7) is 24.7. The molecule has 8 bridgehead atoms. The Morgan fingerprint density at radius 3 is 0.448 bits per heavy atom. The van der Waals surface area contributed by atoms with Crippen molar-refractivity contribution in [3.63, 3.8) is 0 Å². The second kappa shape index (κ2) is 88.5. The van der Waals surface area contributed by atoms with Crippen molar-refractivity contribution >= 4 is 23.9 Å². The number of aliphatic hydroxyl groups excluding tert-OH is 4. The summed E-state index contributed by atoms with van der Waals surface area (Å²) in [5.74, 6) is 0.726. The van der Waals surface area contributed by atoms with Gasteiger partial charge in [-0.05, 0) is 144 Å². The molecule has 145 heavy (non-hydrogen) atoms. The molecule has 0 aliphatic heterocycles. The molecule has 0 unspecified atom stereocenters. The van der Waals surface area contributed by atoms with Crippen molar-refractivity contribution in [1.29, 1.82) is 0 Å². The van der Waals surface area contributed by atoms with Gasteiger partial charge in [0.05, 0.1) is 102 Å². The highest BCUT2D eigenvalue weighted by molar-refractivity contribution is 5.89. The number of benzene rings is 4. The molecule has 16 nitrogen and oxygen atoms in total. The number of aliphatic hydroxyl groups is 4. The second-order valence-electron chi connectivity index (χ2n) is 42.3. The lowest BCUT2D eigenvalue weighted by molar-refractivity contribution is -0.140. The summed E-state index contributed by atoms with van der Waals surface area (Å²) in [5.41, 5.74) is 12.0. The summed E-state index contributed by atoms with van der Waals surface area (Å²) in [7, 11) is 0. The lowest BCUT2D eigenvalue weighted by atomic mass is 9.87. The first-order valence-corrected chi connectivity index (χ1v) is 59.5. The van der Waals surface area contributed by atoms with Crippen molar-refractivity contribution in [3.8, 4) is 23.0 Å². The van der Waals surface area contributed by atoms with Crippen molar-refractivity contribution in [1.82, 2.24) is 0 Å². The molecule has 0 amide bonds. The maximum atomic E-state index is 13.2. The van der Waals surface area contributed by atoms with E-state index in [2.05, 4.69) is 103 Å². The smallest absolute Gasteiger partial charge is 0.335 e. The van der Waals surface area contributed by atoms with E-state index < -0.39 is 50.3 Å². The molecular formula is C129H212O16. The van der Waals surface area contributed by atoms with Crippen LogP contribution < -0.4 is 18.9 Å². The molecule has 1 aliphatic carbocycles. The molecule has 0 saturated carbocycles. The number of carbonyl (C=O) groups excluding carboxylic acids is 4. The van der Waals surface area contributed by atoms with Gasteiger partial charge in [-0.25, -0.2) is 19.2 Å². The molecule has 4 N–H and O–H groups in total. The van der Waals surface area contributed by atoms with Crippen LogP contribution in [0.3, 0.4) is 0 Å². The summed E-state index contributed by atoms with van der Waals surface area (Å²) in [5, 5.41) is 39.8. The number of aryl methyl sites for hydroxylation is 4. The summed E-state index contributed by atoms with van der Waals surface area (Å²) in [6.07, 6.45) is 86.1. The Kier molecular flexibility index (Phi) is 79.4. The van der Waals surface area contributed by atoms with Crippen LogP contribution >= 0.6 is 0 Å². The van der Waals surface area contributed by atoms with Crippen LogP contribution in [-0.4, -0.2) is 124 Å².